The number of pyridine rings is 1. The third-order valence-electron chi connectivity index (χ3n) is 3.46. The molecule has 2 N–H and O–H groups in total. The van der Waals surface area contributed by atoms with Gasteiger partial charge in [-0.15, -0.1) is 0 Å². The third kappa shape index (κ3) is 1.79. The predicted octanol–water partition coefficient (Wildman–Crippen LogP) is 2.83. The van der Waals surface area contributed by atoms with E-state index in [1.807, 2.05) is 12.1 Å². The molecule has 3 rings (SSSR count). The molecule has 1 aliphatic carbocycles. The Morgan fingerprint density at radius 3 is 2.71 bits per heavy atom. The molecule has 4 heteroatoms. The van der Waals surface area contributed by atoms with Gasteiger partial charge in [0.15, 0.2) is 5.82 Å². The second-order valence-electron chi connectivity index (χ2n) is 4.67. The number of aromatic nitrogens is 2. The molecule has 88 valence electrons. The molecule has 0 aromatic carbocycles. The van der Waals surface area contributed by atoms with Crippen molar-refractivity contribution in [2.45, 2.75) is 25.7 Å². The van der Waals surface area contributed by atoms with Crippen molar-refractivity contribution in [2.24, 2.45) is 5.92 Å². The van der Waals surface area contributed by atoms with Gasteiger partial charge in [0.05, 0.1) is 5.56 Å². The first-order chi connectivity index (χ1) is 8.27. The quantitative estimate of drug-likeness (QED) is 0.878. The van der Waals surface area contributed by atoms with Gasteiger partial charge in [-0.1, -0.05) is 12.1 Å². The minimum Gasteiger partial charge on any atom is -0.380 e. The first-order valence-electron chi connectivity index (χ1n) is 5.93. The van der Waals surface area contributed by atoms with E-state index < -0.39 is 0 Å². The number of nitrogen functional groups attached to an aromatic ring is 1. The highest BCUT2D eigenvalue weighted by Crippen LogP contribution is 2.46. The van der Waals surface area contributed by atoms with Crippen LogP contribution in [0.5, 0.6) is 0 Å². The van der Waals surface area contributed by atoms with E-state index in [-0.39, 0.29) is 0 Å². The number of hydrogen-bond acceptors (Lipinski definition) is 4. The molecule has 1 unspecified atom stereocenters. The Morgan fingerprint density at radius 1 is 1.35 bits per heavy atom. The maximum atomic E-state index is 5.91. The second kappa shape index (κ2) is 3.87. The average molecular weight is 229 g/mol. The molecule has 0 aliphatic heterocycles. The Morgan fingerprint density at radius 2 is 2.06 bits per heavy atom. The molecule has 0 amide bonds. The fourth-order valence-corrected chi connectivity index (χ4v) is 2.25. The summed E-state index contributed by atoms with van der Waals surface area (Å²) >= 11 is 0. The van der Waals surface area contributed by atoms with Gasteiger partial charge in [0.1, 0.15) is 5.76 Å². The Hall–Kier alpha value is -1.84. The van der Waals surface area contributed by atoms with Crippen LogP contribution >= 0.6 is 0 Å². The molecular formula is C13H15N3O. The van der Waals surface area contributed by atoms with E-state index in [2.05, 4.69) is 17.1 Å². The zero-order chi connectivity index (χ0) is 11.8. The highest BCUT2D eigenvalue weighted by Gasteiger charge is 2.34. The van der Waals surface area contributed by atoms with Crippen molar-refractivity contribution in [2.75, 3.05) is 5.73 Å². The van der Waals surface area contributed by atoms with Crippen LogP contribution in [0.25, 0.3) is 11.1 Å². The second-order valence-corrected chi connectivity index (χ2v) is 4.67. The van der Waals surface area contributed by atoms with Gasteiger partial charge in [-0.3, -0.25) is 4.98 Å². The number of nitrogens with two attached hydrogens (primary N) is 1. The standard InChI is InChI=1S/C13H15N3O/c1-8(9-2-3-9)12-11(13(14)16-17-12)10-4-6-15-7-5-10/h4-9H,2-3H2,1H3,(H2,14,16). The molecular weight excluding hydrogens is 214 g/mol. The molecule has 0 radical (unpaired) electrons. The van der Waals surface area contributed by atoms with Crippen molar-refractivity contribution in [3.63, 3.8) is 0 Å². The minimum absolute atomic E-state index is 0.392. The summed E-state index contributed by atoms with van der Waals surface area (Å²) in [5.74, 6) is 2.50. The van der Waals surface area contributed by atoms with Crippen LogP contribution in [0.2, 0.25) is 0 Å². The lowest BCUT2D eigenvalue weighted by Crippen LogP contribution is -1.97. The highest BCUT2D eigenvalue weighted by molar-refractivity contribution is 5.75. The summed E-state index contributed by atoms with van der Waals surface area (Å²) in [5, 5.41) is 3.91. The number of nitrogens with zero attached hydrogens (tertiary/aromatic N) is 2. The lowest BCUT2D eigenvalue weighted by atomic mass is 9.96. The molecule has 4 nitrogen and oxygen atoms in total. The van der Waals surface area contributed by atoms with Crippen LogP contribution in [0.4, 0.5) is 5.82 Å². The zero-order valence-corrected chi connectivity index (χ0v) is 9.76. The van der Waals surface area contributed by atoms with E-state index in [1.54, 1.807) is 12.4 Å². The molecule has 1 fully saturated rings. The minimum atomic E-state index is 0.392. The number of hydrogen-bond donors (Lipinski definition) is 1. The van der Waals surface area contributed by atoms with Crippen LogP contribution in [0.15, 0.2) is 29.0 Å². The van der Waals surface area contributed by atoms with Gasteiger partial charge in [-0.05, 0) is 36.5 Å². The Balaban J connectivity index is 2.06. The van der Waals surface area contributed by atoms with Crippen LogP contribution < -0.4 is 5.73 Å². The molecule has 2 aromatic heterocycles. The summed E-state index contributed by atoms with van der Waals surface area (Å²) in [4.78, 5) is 4.02. The Labute approximate surface area is 99.8 Å². The predicted molar refractivity (Wildman–Crippen MR) is 65.3 cm³/mol. The van der Waals surface area contributed by atoms with Gasteiger partial charge >= 0.3 is 0 Å². The summed E-state index contributed by atoms with van der Waals surface area (Å²) in [6.07, 6.45) is 6.07. The summed E-state index contributed by atoms with van der Waals surface area (Å²) in [6, 6.07) is 3.87. The van der Waals surface area contributed by atoms with E-state index in [9.17, 15) is 0 Å². The van der Waals surface area contributed by atoms with Crippen molar-refractivity contribution in [1.29, 1.82) is 0 Å². The zero-order valence-electron chi connectivity index (χ0n) is 9.76. The van der Waals surface area contributed by atoms with E-state index in [0.717, 1.165) is 22.8 Å². The Kier molecular flexibility index (Phi) is 2.35. The van der Waals surface area contributed by atoms with Gasteiger partial charge in [-0.25, -0.2) is 0 Å². The smallest absolute Gasteiger partial charge is 0.175 e. The summed E-state index contributed by atoms with van der Waals surface area (Å²) in [6.45, 7) is 2.18. The first kappa shape index (κ1) is 10.3. The van der Waals surface area contributed by atoms with Crippen molar-refractivity contribution in [1.82, 2.24) is 10.1 Å². The number of rotatable bonds is 3. The van der Waals surface area contributed by atoms with Gasteiger partial charge < -0.3 is 10.3 Å². The summed E-state index contributed by atoms with van der Waals surface area (Å²) in [7, 11) is 0. The monoisotopic (exact) mass is 229 g/mol. The van der Waals surface area contributed by atoms with Gasteiger partial charge in [0, 0.05) is 18.3 Å². The van der Waals surface area contributed by atoms with Crippen molar-refractivity contribution < 1.29 is 4.52 Å². The van der Waals surface area contributed by atoms with Crippen LogP contribution in [-0.4, -0.2) is 10.1 Å². The third-order valence-corrected chi connectivity index (χ3v) is 3.46. The van der Waals surface area contributed by atoms with E-state index in [1.165, 1.54) is 12.8 Å². The summed E-state index contributed by atoms with van der Waals surface area (Å²) in [5.41, 5.74) is 7.87. The van der Waals surface area contributed by atoms with Gasteiger partial charge in [0.25, 0.3) is 0 Å². The molecule has 1 saturated carbocycles. The molecule has 1 aliphatic rings. The van der Waals surface area contributed by atoms with Crippen molar-refractivity contribution in [3.8, 4) is 11.1 Å². The molecule has 2 aromatic rings. The molecule has 0 spiro atoms. The van der Waals surface area contributed by atoms with Gasteiger partial charge in [-0.2, -0.15) is 0 Å². The maximum absolute atomic E-state index is 5.91. The average Bonchev–Trinajstić information content (AvgIpc) is 3.13. The fraction of sp³-hybridized carbons (Fsp3) is 0.385. The van der Waals surface area contributed by atoms with Crippen LogP contribution in [0.1, 0.15) is 31.4 Å². The van der Waals surface area contributed by atoms with Crippen LogP contribution in [0, 0.1) is 5.92 Å². The van der Waals surface area contributed by atoms with Crippen molar-refractivity contribution >= 4 is 5.82 Å². The molecule has 0 bridgehead atoms. The number of anilines is 1. The molecule has 0 saturated heterocycles. The SMILES string of the molecule is CC(c1onc(N)c1-c1ccncc1)C1CC1. The largest absolute Gasteiger partial charge is 0.380 e. The molecule has 17 heavy (non-hydrogen) atoms. The van der Waals surface area contributed by atoms with E-state index in [4.69, 9.17) is 10.3 Å². The van der Waals surface area contributed by atoms with E-state index in [0.29, 0.717) is 11.7 Å². The lowest BCUT2D eigenvalue weighted by molar-refractivity contribution is 0.358. The topological polar surface area (TPSA) is 64.9 Å². The normalized spacial score (nSPS) is 17.0. The highest BCUT2D eigenvalue weighted by atomic mass is 16.5. The molecule has 1 atom stereocenters. The van der Waals surface area contributed by atoms with Gasteiger partial charge in [0.2, 0.25) is 0 Å². The lowest BCUT2D eigenvalue weighted by Gasteiger charge is -2.08. The van der Waals surface area contributed by atoms with Crippen molar-refractivity contribution in [3.05, 3.63) is 30.3 Å². The summed E-state index contributed by atoms with van der Waals surface area (Å²) < 4.78 is 5.42. The Bertz CT molecular complexity index is 517. The first-order valence-corrected chi connectivity index (χ1v) is 5.93. The van der Waals surface area contributed by atoms with Crippen LogP contribution in [-0.2, 0) is 0 Å². The van der Waals surface area contributed by atoms with Crippen LogP contribution in [0.3, 0.4) is 0 Å². The fourth-order valence-electron chi connectivity index (χ4n) is 2.25. The maximum Gasteiger partial charge on any atom is 0.175 e. The van der Waals surface area contributed by atoms with E-state index >= 15 is 0 Å². The molecule has 2 heterocycles.